The molecule has 0 saturated carbocycles. The number of fused-ring (bicyclic) bond motifs is 3. The molecule has 2 aromatic rings. The molecule has 0 heterocycles. The van der Waals surface area contributed by atoms with Crippen LogP contribution >= 0.6 is 0 Å². The van der Waals surface area contributed by atoms with E-state index >= 15 is 0 Å². The number of amides is 2. The Morgan fingerprint density at radius 3 is 2.00 bits per heavy atom. The molecule has 2 amide bonds. The number of alkyl carbamates (subject to hydrolysis) is 1. The van der Waals surface area contributed by atoms with E-state index in [1.807, 2.05) is 36.4 Å². The van der Waals surface area contributed by atoms with E-state index in [0.29, 0.717) is 6.42 Å². The molecular formula is C24H28N2O5. The molecule has 3 N–H and O–H groups in total. The first kappa shape index (κ1) is 22.3. The highest BCUT2D eigenvalue weighted by atomic mass is 16.5. The Morgan fingerprint density at radius 2 is 1.52 bits per heavy atom. The highest BCUT2D eigenvalue weighted by Gasteiger charge is 2.30. The van der Waals surface area contributed by atoms with Gasteiger partial charge in [-0.1, -0.05) is 69.3 Å². The Hall–Kier alpha value is -3.35. The molecule has 164 valence electrons. The first-order chi connectivity index (χ1) is 14.8. The monoisotopic (exact) mass is 424 g/mol. The van der Waals surface area contributed by atoms with Gasteiger partial charge >= 0.3 is 12.1 Å². The minimum absolute atomic E-state index is 0.0793. The summed E-state index contributed by atoms with van der Waals surface area (Å²) in [7, 11) is 0. The molecule has 2 atom stereocenters. The van der Waals surface area contributed by atoms with E-state index in [4.69, 9.17) is 4.74 Å². The van der Waals surface area contributed by atoms with Crippen molar-refractivity contribution in [2.24, 2.45) is 5.92 Å². The van der Waals surface area contributed by atoms with Gasteiger partial charge in [0.25, 0.3) is 0 Å². The topological polar surface area (TPSA) is 105 Å². The molecule has 7 heteroatoms. The molecule has 1 aliphatic rings. The van der Waals surface area contributed by atoms with Gasteiger partial charge in [0.15, 0.2) is 0 Å². The number of aliphatic carboxylic acids is 1. The van der Waals surface area contributed by atoms with Crippen LogP contribution in [0.5, 0.6) is 0 Å². The summed E-state index contributed by atoms with van der Waals surface area (Å²) in [5.74, 6) is -2.02. The van der Waals surface area contributed by atoms with Crippen LogP contribution in [-0.4, -0.2) is 41.8 Å². The van der Waals surface area contributed by atoms with Crippen LogP contribution in [0.4, 0.5) is 4.79 Å². The lowest BCUT2D eigenvalue weighted by atomic mass is 9.98. The maximum Gasteiger partial charge on any atom is 0.407 e. The third kappa shape index (κ3) is 4.87. The van der Waals surface area contributed by atoms with Crippen molar-refractivity contribution in [2.75, 3.05) is 6.61 Å². The van der Waals surface area contributed by atoms with Crippen LogP contribution in [0.1, 0.15) is 44.2 Å². The van der Waals surface area contributed by atoms with Gasteiger partial charge in [-0.15, -0.1) is 0 Å². The van der Waals surface area contributed by atoms with Crippen LogP contribution in [0.15, 0.2) is 48.5 Å². The minimum atomic E-state index is -1.11. The summed E-state index contributed by atoms with van der Waals surface area (Å²) in [4.78, 5) is 36.2. The molecule has 0 aliphatic heterocycles. The third-order valence-electron chi connectivity index (χ3n) is 5.59. The molecule has 3 rings (SSSR count). The molecule has 0 saturated heterocycles. The van der Waals surface area contributed by atoms with Crippen molar-refractivity contribution in [2.45, 2.75) is 45.2 Å². The number of carbonyl (C=O) groups excluding carboxylic acids is 2. The lowest BCUT2D eigenvalue weighted by Gasteiger charge is -2.22. The first-order valence-corrected chi connectivity index (χ1v) is 10.5. The SMILES string of the molecule is CC[C@@H](NC(=O)OCC1c2ccccc2-c2ccccc21)C(=O)NC(C(=O)O)C(C)C. The Morgan fingerprint density at radius 1 is 0.968 bits per heavy atom. The number of ether oxygens (including phenoxy) is 1. The van der Waals surface area contributed by atoms with Crippen LogP contribution in [0.2, 0.25) is 0 Å². The van der Waals surface area contributed by atoms with Gasteiger partial charge in [-0.25, -0.2) is 9.59 Å². The molecule has 1 unspecified atom stereocenters. The molecule has 0 fully saturated rings. The van der Waals surface area contributed by atoms with E-state index in [-0.39, 0.29) is 18.4 Å². The fourth-order valence-electron chi connectivity index (χ4n) is 3.90. The van der Waals surface area contributed by atoms with E-state index < -0.39 is 30.1 Å². The fraction of sp³-hybridized carbons (Fsp3) is 0.375. The van der Waals surface area contributed by atoms with Crippen molar-refractivity contribution in [1.29, 1.82) is 0 Å². The molecule has 0 bridgehead atoms. The van der Waals surface area contributed by atoms with Gasteiger partial charge < -0.3 is 20.5 Å². The zero-order chi connectivity index (χ0) is 22.5. The summed E-state index contributed by atoms with van der Waals surface area (Å²) >= 11 is 0. The van der Waals surface area contributed by atoms with Gasteiger partial charge in [0.2, 0.25) is 5.91 Å². The number of carboxylic acid groups (broad SMARTS) is 1. The normalized spacial score (nSPS) is 14.3. The minimum Gasteiger partial charge on any atom is -0.480 e. The molecule has 31 heavy (non-hydrogen) atoms. The number of carboxylic acids is 1. The van der Waals surface area contributed by atoms with E-state index in [0.717, 1.165) is 22.3 Å². The van der Waals surface area contributed by atoms with Crippen molar-refractivity contribution in [3.05, 3.63) is 59.7 Å². The van der Waals surface area contributed by atoms with E-state index in [1.54, 1.807) is 20.8 Å². The second-order valence-corrected chi connectivity index (χ2v) is 8.00. The Balaban J connectivity index is 1.63. The quantitative estimate of drug-likeness (QED) is 0.601. The zero-order valence-corrected chi connectivity index (χ0v) is 17.9. The van der Waals surface area contributed by atoms with Crippen molar-refractivity contribution in [3.8, 4) is 11.1 Å². The summed E-state index contributed by atoms with van der Waals surface area (Å²) in [5.41, 5.74) is 4.46. The van der Waals surface area contributed by atoms with E-state index in [9.17, 15) is 19.5 Å². The number of carbonyl (C=O) groups is 3. The van der Waals surface area contributed by atoms with Gasteiger partial charge in [0.1, 0.15) is 18.7 Å². The Kier molecular flexibility index (Phi) is 6.95. The predicted molar refractivity (Wildman–Crippen MR) is 117 cm³/mol. The fourth-order valence-corrected chi connectivity index (χ4v) is 3.90. The molecule has 1 aliphatic carbocycles. The second kappa shape index (κ2) is 9.64. The molecule has 0 radical (unpaired) electrons. The summed E-state index contributed by atoms with van der Waals surface area (Å²) in [6.07, 6.45) is -0.402. The van der Waals surface area contributed by atoms with Crippen molar-refractivity contribution in [1.82, 2.24) is 10.6 Å². The molecule has 7 nitrogen and oxygen atoms in total. The average Bonchev–Trinajstić information content (AvgIpc) is 3.07. The largest absolute Gasteiger partial charge is 0.480 e. The van der Waals surface area contributed by atoms with Crippen LogP contribution < -0.4 is 10.6 Å². The van der Waals surface area contributed by atoms with E-state index in [2.05, 4.69) is 22.8 Å². The highest BCUT2D eigenvalue weighted by Crippen LogP contribution is 2.44. The molecule has 0 aromatic heterocycles. The van der Waals surface area contributed by atoms with Gasteiger partial charge in [-0.3, -0.25) is 4.79 Å². The van der Waals surface area contributed by atoms with Crippen molar-refractivity contribution >= 4 is 18.0 Å². The lowest BCUT2D eigenvalue weighted by Crippen LogP contribution is -2.53. The lowest BCUT2D eigenvalue weighted by molar-refractivity contribution is -0.143. The maximum absolute atomic E-state index is 12.5. The van der Waals surface area contributed by atoms with Gasteiger partial charge in [0, 0.05) is 5.92 Å². The van der Waals surface area contributed by atoms with Gasteiger partial charge in [-0.2, -0.15) is 0 Å². The average molecular weight is 424 g/mol. The summed E-state index contributed by atoms with van der Waals surface area (Å²) < 4.78 is 5.48. The highest BCUT2D eigenvalue weighted by molar-refractivity contribution is 5.89. The van der Waals surface area contributed by atoms with Crippen molar-refractivity contribution in [3.63, 3.8) is 0 Å². The number of benzene rings is 2. The van der Waals surface area contributed by atoms with Gasteiger partial charge in [0.05, 0.1) is 0 Å². The Labute approximate surface area is 181 Å². The van der Waals surface area contributed by atoms with E-state index in [1.165, 1.54) is 0 Å². The van der Waals surface area contributed by atoms with Crippen LogP contribution in [0, 0.1) is 5.92 Å². The molecular weight excluding hydrogens is 396 g/mol. The summed E-state index contributed by atoms with van der Waals surface area (Å²) in [6.45, 7) is 5.29. The third-order valence-corrected chi connectivity index (χ3v) is 5.59. The number of nitrogens with one attached hydrogen (secondary N) is 2. The predicted octanol–water partition coefficient (Wildman–Crippen LogP) is 3.53. The maximum atomic E-state index is 12.5. The number of hydrogen-bond acceptors (Lipinski definition) is 4. The molecule has 2 aromatic carbocycles. The first-order valence-electron chi connectivity index (χ1n) is 10.5. The smallest absolute Gasteiger partial charge is 0.407 e. The number of rotatable bonds is 8. The van der Waals surface area contributed by atoms with Crippen LogP contribution in [0.25, 0.3) is 11.1 Å². The van der Waals surface area contributed by atoms with Crippen LogP contribution in [0.3, 0.4) is 0 Å². The van der Waals surface area contributed by atoms with Gasteiger partial charge in [-0.05, 0) is 34.6 Å². The standard InChI is InChI=1S/C24H28N2O5/c1-4-20(22(27)26-21(14(2)3)23(28)29)25-24(30)31-13-19-17-11-7-5-9-15(17)16-10-6-8-12-18(16)19/h5-12,14,19-21H,4,13H2,1-3H3,(H,25,30)(H,26,27)(H,28,29)/t20-,21?/m1/s1. The zero-order valence-electron chi connectivity index (χ0n) is 17.9. The summed E-state index contributed by atoms with van der Waals surface area (Å²) in [5, 5.41) is 14.3. The van der Waals surface area contributed by atoms with Crippen molar-refractivity contribution < 1.29 is 24.2 Å². The Bertz CT molecular complexity index is 926. The number of hydrogen-bond donors (Lipinski definition) is 3. The molecule has 0 spiro atoms. The summed E-state index contributed by atoms with van der Waals surface area (Å²) in [6, 6.07) is 14.2. The second-order valence-electron chi connectivity index (χ2n) is 8.00. The van der Waals surface area contributed by atoms with Crippen LogP contribution in [-0.2, 0) is 14.3 Å².